The second-order valence-corrected chi connectivity index (χ2v) is 13.9. The van der Waals surface area contributed by atoms with Gasteiger partial charge in [-0.25, -0.2) is 27.7 Å². The molecule has 3 heterocycles. The number of benzene rings is 1. The molecule has 1 aromatic carbocycles. The van der Waals surface area contributed by atoms with Gasteiger partial charge in [-0.15, -0.1) is 0 Å². The molecule has 18 heteroatoms. The van der Waals surface area contributed by atoms with Gasteiger partial charge in [0.15, 0.2) is 0 Å². The number of pyridine rings is 2. The Hall–Kier alpha value is -5.26. The van der Waals surface area contributed by atoms with Gasteiger partial charge in [0.1, 0.15) is 5.54 Å². The van der Waals surface area contributed by atoms with Crippen LogP contribution in [-0.4, -0.2) is 66.8 Å². The number of hydrogen-bond donors (Lipinski definition) is 3. The van der Waals surface area contributed by atoms with Crippen LogP contribution in [0.15, 0.2) is 66.1 Å². The maximum atomic E-state index is 14.8. The number of carbonyl (C=O) groups excluding carboxylic acids is 4. The first-order valence-electron chi connectivity index (χ1n) is 16.4. The number of nitrogens with zero attached hydrogens (tertiary/aromatic N) is 3. The van der Waals surface area contributed by atoms with Gasteiger partial charge in [-0.1, -0.05) is 40.5 Å². The number of nitrogens with one attached hydrogen (secondary N) is 3. The molecule has 2 unspecified atom stereocenters. The predicted octanol–water partition coefficient (Wildman–Crippen LogP) is 6.87. The van der Waals surface area contributed by atoms with E-state index in [0.29, 0.717) is 41.0 Å². The molecular formula is C34H39F3N6O8S. The molecule has 2 atom stereocenters. The molecule has 4 rings (SSSR count). The summed E-state index contributed by atoms with van der Waals surface area (Å²) < 4.78 is 74.2. The minimum Gasteiger partial charge on any atom is -0.449 e. The number of unbranched alkanes of at least 4 members (excludes halogenated alkanes) is 2. The number of sulfone groups is 1. The molecule has 3 N–H and O–H groups in total. The Bertz CT molecular complexity index is 1820. The first kappa shape index (κ1) is 39.5. The van der Waals surface area contributed by atoms with Gasteiger partial charge in [0.05, 0.1) is 47.6 Å². The van der Waals surface area contributed by atoms with Crippen LogP contribution in [0.2, 0.25) is 0 Å². The van der Waals surface area contributed by atoms with Crippen LogP contribution >= 0.6 is 0 Å². The normalized spacial score (nSPS) is 17.2. The van der Waals surface area contributed by atoms with Crippen molar-refractivity contribution in [3.63, 3.8) is 0 Å². The van der Waals surface area contributed by atoms with Crippen LogP contribution in [0.5, 0.6) is 0 Å². The largest absolute Gasteiger partial charge is 0.501 e. The number of urea groups is 1. The van der Waals surface area contributed by atoms with E-state index < -0.39 is 61.7 Å². The van der Waals surface area contributed by atoms with Crippen molar-refractivity contribution in [2.45, 2.75) is 81.2 Å². The molecule has 0 spiro atoms. The van der Waals surface area contributed by atoms with Gasteiger partial charge in [0.2, 0.25) is 0 Å². The standard InChI is InChI=1S/C34H39F3N6O8S/c1-5-7-17-50-31(46)40-27-19-38-15-13-25(27)21(3)33(22(4)26-14-16-39-20-28(26)41-32(47)51-18-8-6-2)29(44)43(30(45)42-33)23-9-11-24(12-10-23)52(48,49)34(35,36)37/h9-16,19-22H,5-8,17-18H2,1-4H3,(H,40,46)(H,41,47)(H,42,45). The van der Waals surface area contributed by atoms with Crippen LogP contribution in [-0.2, 0) is 24.1 Å². The van der Waals surface area contributed by atoms with Crippen LogP contribution in [0.4, 0.5) is 44.6 Å². The fraction of sp³-hybridized carbons (Fsp3) is 0.412. The molecule has 1 saturated heterocycles. The molecule has 52 heavy (non-hydrogen) atoms. The third-order valence-corrected chi connectivity index (χ3v) is 10.2. The van der Waals surface area contributed by atoms with E-state index in [1.165, 1.54) is 36.9 Å². The van der Waals surface area contributed by atoms with Crippen LogP contribution in [0.3, 0.4) is 0 Å². The van der Waals surface area contributed by atoms with Crippen molar-refractivity contribution in [1.29, 1.82) is 0 Å². The number of imide groups is 1. The molecular weight excluding hydrogens is 709 g/mol. The summed E-state index contributed by atoms with van der Waals surface area (Å²) in [6, 6.07) is 5.23. The second-order valence-electron chi connectivity index (χ2n) is 12.0. The molecule has 2 aromatic heterocycles. The first-order valence-corrected chi connectivity index (χ1v) is 17.9. The molecule has 1 fully saturated rings. The molecule has 5 amide bonds. The highest BCUT2D eigenvalue weighted by Crippen LogP contribution is 2.47. The first-order chi connectivity index (χ1) is 24.6. The van der Waals surface area contributed by atoms with E-state index in [2.05, 4.69) is 25.9 Å². The van der Waals surface area contributed by atoms with Crippen LogP contribution in [0, 0.1) is 0 Å². The summed E-state index contributed by atoms with van der Waals surface area (Å²) in [6.45, 7) is 7.40. The maximum Gasteiger partial charge on any atom is 0.501 e. The molecule has 0 saturated carbocycles. The third-order valence-electron chi connectivity index (χ3n) is 8.73. The highest BCUT2D eigenvalue weighted by Gasteiger charge is 2.59. The van der Waals surface area contributed by atoms with E-state index in [1.807, 2.05) is 13.8 Å². The van der Waals surface area contributed by atoms with Gasteiger partial charge in [-0.05, 0) is 60.4 Å². The molecule has 1 aliphatic rings. The Morgan fingerprint density at radius 3 is 1.73 bits per heavy atom. The summed E-state index contributed by atoms with van der Waals surface area (Å²) in [5.41, 5.74) is -6.69. The summed E-state index contributed by atoms with van der Waals surface area (Å²) in [7, 11) is -5.72. The number of alkyl halides is 3. The van der Waals surface area contributed by atoms with Gasteiger partial charge < -0.3 is 14.8 Å². The van der Waals surface area contributed by atoms with Crippen molar-refractivity contribution in [3.05, 3.63) is 72.3 Å². The molecule has 3 aromatic rings. The van der Waals surface area contributed by atoms with Crippen LogP contribution < -0.4 is 20.9 Å². The lowest BCUT2D eigenvalue weighted by Gasteiger charge is -2.39. The lowest BCUT2D eigenvalue weighted by molar-refractivity contribution is -0.123. The van der Waals surface area contributed by atoms with Gasteiger partial charge in [-0.3, -0.25) is 25.4 Å². The minimum atomic E-state index is -5.72. The summed E-state index contributed by atoms with van der Waals surface area (Å²) in [6.07, 6.45) is 6.77. The van der Waals surface area contributed by atoms with Crippen molar-refractivity contribution < 1.29 is 50.2 Å². The number of carbonyl (C=O) groups is 4. The van der Waals surface area contributed by atoms with E-state index in [0.717, 1.165) is 25.0 Å². The Morgan fingerprint density at radius 2 is 1.31 bits per heavy atom. The topological polar surface area (TPSA) is 186 Å². The number of aromatic nitrogens is 2. The lowest BCUT2D eigenvalue weighted by Crippen LogP contribution is -2.55. The van der Waals surface area contributed by atoms with Crippen LogP contribution in [0.1, 0.15) is 76.3 Å². The van der Waals surface area contributed by atoms with Crippen molar-refractivity contribution in [2.75, 3.05) is 28.7 Å². The average Bonchev–Trinajstić information content (AvgIpc) is 3.37. The highest BCUT2D eigenvalue weighted by atomic mass is 32.2. The third kappa shape index (κ3) is 8.11. The number of ether oxygens (including phenoxy) is 2. The van der Waals surface area contributed by atoms with E-state index >= 15 is 0 Å². The van der Waals surface area contributed by atoms with E-state index in [-0.39, 0.29) is 30.3 Å². The molecule has 280 valence electrons. The summed E-state index contributed by atoms with van der Waals surface area (Å²) >= 11 is 0. The maximum absolute atomic E-state index is 14.8. The Balaban J connectivity index is 1.82. The number of anilines is 3. The Labute approximate surface area is 298 Å². The Kier molecular flexibility index (Phi) is 12.5. The predicted molar refractivity (Wildman–Crippen MR) is 183 cm³/mol. The summed E-state index contributed by atoms with van der Waals surface area (Å²) in [5.74, 6) is -2.84. The van der Waals surface area contributed by atoms with E-state index in [1.54, 1.807) is 13.8 Å². The van der Waals surface area contributed by atoms with Gasteiger partial charge in [0, 0.05) is 24.2 Å². The fourth-order valence-electron chi connectivity index (χ4n) is 5.84. The molecule has 0 aliphatic carbocycles. The zero-order chi connectivity index (χ0) is 38.3. The van der Waals surface area contributed by atoms with E-state index in [4.69, 9.17) is 9.47 Å². The fourth-order valence-corrected chi connectivity index (χ4v) is 6.61. The zero-order valence-electron chi connectivity index (χ0n) is 28.8. The van der Waals surface area contributed by atoms with Gasteiger partial charge in [-0.2, -0.15) is 13.2 Å². The summed E-state index contributed by atoms with van der Waals surface area (Å²) in [4.78, 5) is 61.8. The van der Waals surface area contributed by atoms with Crippen molar-refractivity contribution in [1.82, 2.24) is 15.3 Å². The number of hydrogen-bond acceptors (Lipinski definition) is 10. The smallest absolute Gasteiger partial charge is 0.449 e. The van der Waals surface area contributed by atoms with Crippen molar-refractivity contribution in [2.24, 2.45) is 0 Å². The van der Waals surface area contributed by atoms with Gasteiger partial charge in [0.25, 0.3) is 15.7 Å². The Morgan fingerprint density at radius 1 is 0.846 bits per heavy atom. The number of amides is 5. The SMILES string of the molecule is CCCCOC(=O)Nc1cnccc1C(C)C1(C(C)c2ccncc2NC(=O)OCCCC)NC(=O)N(c2ccc(S(=O)(=O)C(F)(F)F)cc2)C1=O. The number of halogens is 3. The summed E-state index contributed by atoms with van der Waals surface area (Å²) in [5, 5.41) is 8.07. The van der Waals surface area contributed by atoms with E-state index in [9.17, 15) is 40.8 Å². The lowest BCUT2D eigenvalue weighted by atomic mass is 9.69. The second kappa shape index (κ2) is 16.4. The average molecular weight is 749 g/mol. The highest BCUT2D eigenvalue weighted by molar-refractivity contribution is 7.92. The van der Waals surface area contributed by atoms with Crippen LogP contribution in [0.25, 0.3) is 0 Å². The van der Waals surface area contributed by atoms with Crippen molar-refractivity contribution >= 4 is 51.0 Å². The van der Waals surface area contributed by atoms with Crippen molar-refractivity contribution in [3.8, 4) is 0 Å². The van der Waals surface area contributed by atoms with Gasteiger partial charge >= 0.3 is 23.7 Å². The number of rotatable bonds is 14. The molecule has 0 bridgehead atoms. The molecule has 1 aliphatic heterocycles. The quantitative estimate of drug-likeness (QED) is 0.116. The molecule has 0 radical (unpaired) electrons. The minimum absolute atomic E-state index is 0.152. The monoisotopic (exact) mass is 748 g/mol. The molecule has 14 nitrogen and oxygen atoms in total. The zero-order valence-corrected chi connectivity index (χ0v) is 29.6.